The van der Waals surface area contributed by atoms with E-state index >= 15 is 0 Å². The first-order valence-corrected chi connectivity index (χ1v) is 11.9. The number of ether oxygens (including phenoxy) is 1. The Labute approximate surface area is 194 Å². The van der Waals surface area contributed by atoms with Crippen LogP contribution in [0.1, 0.15) is 24.3 Å². The maximum Gasteiger partial charge on any atom is 0.262 e. The van der Waals surface area contributed by atoms with Gasteiger partial charge in [-0.1, -0.05) is 35.5 Å². The van der Waals surface area contributed by atoms with Gasteiger partial charge in [0.1, 0.15) is 5.76 Å². The summed E-state index contributed by atoms with van der Waals surface area (Å²) in [4.78, 5) is 22.7. The average molecular weight is 468 g/mol. The van der Waals surface area contributed by atoms with Gasteiger partial charge < -0.3 is 9.15 Å². The van der Waals surface area contributed by atoms with Crippen LogP contribution in [-0.4, -0.2) is 27.2 Å². The number of para-hydroxylation sites is 1. The Morgan fingerprint density at radius 3 is 2.75 bits per heavy atom. The molecule has 8 heteroatoms. The molecule has 0 unspecified atom stereocenters. The van der Waals surface area contributed by atoms with Crippen molar-refractivity contribution in [1.82, 2.24) is 14.5 Å². The Morgan fingerprint density at radius 2 is 1.97 bits per heavy atom. The van der Waals surface area contributed by atoms with Gasteiger partial charge in [0.15, 0.2) is 5.16 Å². The Bertz CT molecular complexity index is 1310. The summed E-state index contributed by atoms with van der Waals surface area (Å²) in [6, 6.07) is 14.9. The van der Waals surface area contributed by atoms with E-state index in [0.717, 1.165) is 36.5 Å². The molecular formula is C24H22ClN3O3S. The fourth-order valence-electron chi connectivity index (χ4n) is 3.82. The summed E-state index contributed by atoms with van der Waals surface area (Å²) in [5.41, 5.74) is 2.36. The second-order valence-corrected chi connectivity index (χ2v) is 9.16. The van der Waals surface area contributed by atoms with E-state index in [1.54, 1.807) is 4.57 Å². The molecule has 1 fully saturated rings. The highest BCUT2D eigenvalue weighted by atomic mass is 35.5. The van der Waals surface area contributed by atoms with Crippen LogP contribution in [-0.2, 0) is 17.0 Å². The summed E-state index contributed by atoms with van der Waals surface area (Å²) in [5, 5.41) is 1.96. The van der Waals surface area contributed by atoms with Crippen LogP contribution in [0.2, 0.25) is 5.02 Å². The van der Waals surface area contributed by atoms with Crippen molar-refractivity contribution in [2.75, 3.05) is 6.61 Å². The minimum absolute atomic E-state index is 0.0349. The molecule has 32 heavy (non-hydrogen) atoms. The van der Waals surface area contributed by atoms with Gasteiger partial charge in [0.05, 0.1) is 29.2 Å². The standard InChI is InChI=1S/C24H22ClN3O3S/c1-15-21(26-22(31-15)16-8-10-17(25)11-9-16)14-32-24-27-20-7-3-2-6-19(20)23(29)28(24)13-18-5-4-12-30-18/h2-3,6-11,18H,4-5,12-14H2,1H3/t18-/m1/s1. The first-order chi connectivity index (χ1) is 15.6. The molecule has 4 aromatic rings. The van der Waals surface area contributed by atoms with Crippen LogP contribution in [0.4, 0.5) is 0 Å². The largest absolute Gasteiger partial charge is 0.441 e. The van der Waals surface area contributed by atoms with Gasteiger partial charge in [0, 0.05) is 22.9 Å². The maximum absolute atomic E-state index is 13.2. The summed E-state index contributed by atoms with van der Waals surface area (Å²) in [6.45, 7) is 3.15. The van der Waals surface area contributed by atoms with E-state index in [-0.39, 0.29) is 11.7 Å². The smallest absolute Gasteiger partial charge is 0.262 e. The normalized spacial score (nSPS) is 16.1. The molecular weight excluding hydrogens is 446 g/mol. The van der Waals surface area contributed by atoms with Crippen LogP contribution in [0.15, 0.2) is 62.9 Å². The highest BCUT2D eigenvalue weighted by Gasteiger charge is 2.21. The van der Waals surface area contributed by atoms with Gasteiger partial charge in [-0.15, -0.1) is 0 Å². The topological polar surface area (TPSA) is 70.2 Å². The van der Waals surface area contributed by atoms with E-state index < -0.39 is 0 Å². The van der Waals surface area contributed by atoms with Crippen molar-refractivity contribution >= 4 is 34.3 Å². The number of aromatic nitrogens is 3. The third kappa shape index (κ3) is 4.33. The SMILES string of the molecule is Cc1oc(-c2ccc(Cl)cc2)nc1CSc1nc2ccccc2c(=O)n1C[C@H]1CCCO1. The quantitative estimate of drug-likeness (QED) is 0.276. The van der Waals surface area contributed by atoms with Gasteiger partial charge in [-0.05, 0) is 56.2 Å². The van der Waals surface area contributed by atoms with Gasteiger partial charge >= 0.3 is 0 Å². The molecule has 0 N–H and O–H groups in total. The summed E-state index contributed by atoms with van der Waals surface area (Å²) in [7, 11) is 0. The lowest BCUT2D eigenvalue weighted by molar-refractivity contribution is 0.0937. The highest BCUT2D eigenvalue weighted by Crippen LogP contribution is 2.28. The van der Waals surface area contributed by atoms with E-state index in [9.17, 15) is 4.79 Å². The zero-order valence-corrected chi connectivity index (χ0v) is 19.2. The highest BCUT2D eigenvalue weighted by molar-refractivity contribution is 7.98. The first-order valence-electron chi connectivity index (χ1n) is 10.5. The Kier molecular flexibility index (Phi) is 6.04. The molecule has 1 atom stereocenters. The Balaban J connectivity index is 1.44. The fourth-order valence-corrected chi connectivity index (χ4v) is 4.96. The molecule has 0 spiro atoms. The lowest BCUT2D eigenvalue weighted by Crippen LogP contribution is -2.28. The van der Waals surface area contributed by atoms with Crippen molar-refractivity contribution in [3.05, 3.63) is 75.4 Å². The number of aryl methyl sites for hydroxylation is 1. The van der Waals surface area contributed by atoms with Crippen LogP contribution in [0.3, 0.4) is 0 Å². The van der Waals surface area contributed by atoms with Gasteiger partial charge in [-0.2, -0.15) is 0 Å². The Hall–Kier alpha value is -2.61. The van der Waals surface area contributed by atoms with Crippen molar-refractivity contribution in [3.63, 3.8) is 0 Å². The number of fused-ring (bicyclic) bond motifs is 1. The third-order valence-corrected chi connectivity index (χ3v) is 6.80. The summed E-state index contributed by atoms with van der Waals surface area (Å²) < 4.78 is 13.4. The zero-order chi connectivity index (χ0) is 22.1. The molecule has 0 aliphatic carbocycles. The second-order valence-electron chi connectivity index (χ2n) is 7.78. The second kappa shape index (κ2) is 9.10. The molecule has 0 radical (unpaired) electrons. The molecule has 2 aromatic heterocycles. The van der Waals surface area contributed by atoms with Crippen LogP contribution >= 0.6 is 23.4 Å². The van der Waals surface area contributed by atoms with Gasteiger partial charge in [0.2, 0.25) is 5.89 Å². The molecule has 6 nitrogen and oxygen atoms in total. The van der Waals surface area contributed by atoms with Crippen molar-refractivity contribution in [2.45, 2.75) is 43.3 Å². The monoisotopic (exact) mass is 467 g/mol. The van der Waals surface area contributed by atoms with Gasteiger partial charge in [0.25, 0.3) is 5.56 Å². The van der Waals surface area contributed by atoms with E-state index in [4.69, 9.17) is 25.7 Å². The van der Waals surface area contributed by atoms with E-state index in [1.165, 1.54) is 11.8 Å². The van der Waals surface area contributed by atoms with E-state index in [1.807, 2.05) is 55.5 Å². The summed E-state index contributed by atoms with van der Waals surface area (Å²) >= 11 is 7.48. The lowest BCUT2D eigenvalue weighted by Gasteiger charge is -2.16. The number of hydrogen-bond acceptors (Lipinski definition) is 6. The van der Waals surface area contributed by atoms with Gasteiger partial charge in [-0.3, -0.25) is 9.36 Å². The summed E-state index contributed by atoms with van der Waals surface area (Å²) in [6.07, 6.45) is 2.02. The molecule has 1 aliphatic heterocycles. The molecule has 3 heterocycles. The number of nitrogens with zero attached hydrogens (tertiary/aromatic N) is 3. The number of oxazole rings is 1. The third-order valence-electron chi connectivity index (χ3n) is 5.56. The van der Waals surface area contributed by atoms with Crippen LogP contribution in [0.25, 0.3) is 22.4 Å². The molecule has 164 valence electrons. The number of benzene rings is 2. The van der Waals surface area contributed by atoms with Crippen LogP contribution < -0.4 is 5.56 Å². The molecule has 0 saturated carbocycles. The molecule has 0 amide bonds. The predicted octanol–water partition coefficient (Wildman–Crippen LogP) is 5.48. The Morgan fingerprint density at radius 1 is 1.16 bits per heavy atom. The maximum atomic E-state index is 13.2. The number of thioether (sulfide) groups is 1. The van der Waals surface area contributed by atoms with Crippen molar-refractivity contribution in [3.8, 4) is 11.5 Å². The molecule has 1 aliphatic rings. The molecule has 1 saturated heterocycles. The van der Waals surface area contributed by atoms with Crippen molar-refractivity contribution < 1.29 is 9.15 Å². The van der Waals surface area contributed by atoms with E-state index in [0.29, 0.717) is 39.3 Å². The van der Waals surface area contributed by atoms with Crippen LogP contribution in [0.5, 0.6) is 0 Å². The molecule has 0 bridgehead atoms. The number of hydrogen-bond donors (Lipinski definition) is 0. The lowest BCUT2D eigenvalue weighted by atomic mass is 10.2. The number of halogens is 1. The molecule has 5 rings (SSSR count). The first kappa shape index (κ1) is 21.2. The molecule has 2 aromatic carbocycles. The predicted molar refractivity (Wildman–Crippen MR) is 126 cm³/mol. The summed E-state index contributed by atoms with van der Waals surface area (Å²) in [5.74, 6) is 1.84. The minimum Gasteiger partial charge on any atom is -0.441 e. The zero-order valence-electron chi connectivity index (χ0n) is 17.6. The number of rotatable bonds is 6. The average Bonchev–Trinajstić information content (AvgIpc) is 3.45. The van der Waals surface area contributed by atoms with Crippen molar-refractivity contribution in [2.24, 2.45) is 0 Å². The van der Waals surface area contributed by atoms with Crippen molar-refractivity contribution in [1.29, 1.82) is 0 Å². The van der Waals surface area contributed by atoms with E-state index in [2.05, 4.69) is 4.98 Å². The fraction of sp³-hybridized carbons (Fsp3) is 0.292. The van der Waals surface area contributed by atoms with Crippen LogP contribution in [0, 0.1) is 6.92 Å². The minimum atomic E-state index is -0.0349. The van der Waals surface area contributed by atoms with Gasteiger partial charge in [-0.25, -0.2) is 9.97 Å².